The van der Waals surface area contributed by atoms with E-state index in [1.165, 1.54) is 15.9 Å². The molecule has 4 rings (SSSR count). The molecule has 3 heterocycles. The fourth-order valence-corrected chi connectivity index (χ4v) is 3.93. The van der Waals surface area contributed by atoms with Crippen LogP contribution in [-0.2, 0) is 11.3 Å². The first-order valence-corrected chi connectivity index (χ1v) is 9.07. The number of amides is 1. The minimum absolute atomic E-state index is 0.119. The summed E-state index contributed by atoms with van der Waals surface area (Å²) >= 11 is 1.29. The number of nitrogens with zero attached hydrogens (tertiary/aromatic N) is 3. The summed E-state index contributed by atoms with van der Waals surface area (Å²) in [5, 5.41) is 3.63. The summed E-state index contributed by atoms with van der Waals surface area (Å²) < 4.78 is 7.03. The summed E-state index contributed by atoms with van der Waals surface area (Å²) in [6, 6.07) is 10.8. The van der Waals surface area contributed by atoms with Crippen molar-refractivity contribution in [3.8, 4) is 5.75 Å². The standard InChI is InChI=1S/C19H16N4O3S/c1-11-21-16-14-7-4-8-20-18(14)27-17(16)19(25)23(11)10-15(24)22-12-5-3-6-13(9-12)26-2/h3-9H,10H2,1-2H3,(H,22,24). The largest absolute Gasteiger partial charge is 0.497 e. The smallest absolute Gasteiger partial charge is 0.272 e. The van der Waals surface area contributed by atoms with Crippen molar-refractivity contribution in [3.05, 3.63) is 58.8 Å². The molecule has 4 aromatic rings. The van der Waals surface area contributed by atoms with Gasteiger partial charge in [0.1, 0.15) is 27.6 Å². The van der Waals surface area contributed by atoms with Gasteiger partial charge < -0.3 is 10.1 Å². The molecule has 0 fully saturated rings. The van der Waals surface area contributed by atoms with Crippen molar-refractivity contribution in [1.82, 2.24) is 14.5 Å². The Labute approximate surface area is 158 Å². The molecule has 0 saturated carbocycles. The lowest BCUT2D eigenvalue weighted by molar-refractivity contribution is -0.116. The Kier molecular flexibility index (Phi) is 4.33. The maximum Gasteiger partial charge on any atom is 0.272 e. The second-order valence-corrected chi connectivity index (χ2v) is 6.97. The highest BCUT2D eigenvalue weighted by Crippen LogP contribution is 2.28. The van der Waals surface area contributed by atoms with Crippen molar-refractivity contribution in [3.63, 3.8) is 0 Å². The molecule has 27 heavy (non-hydrogen) atoms. The van der Waals surface area contributed by atoms with Crippen LogP contribution in [0, 0.1) is 6.92 Å². The highest BCUT2D eigenvalue weighted by atomic mass is 32.1. The number of hydrogen-bond acceptors (Lipinski definition) is 6. The third kappa shape index (κ3) is 3.15. The van der Waals surface area contributed by atoms with Gasteiger partial charge in [0, 0.05) is 23.3 Å². The maximum absolute atomic E-state index is 12.9. The Morgan fingerprint density at radius 3 is 2.96 bits per heavy atom. The Morgan fingerprint density at radius 1 is 1.30 bits per heavy atom. The van der Waals surface area contributed by atoms with Gasteiger partial charge in [-0.1, -0.05) is 6.07 Å². The molecule has 0 spiro atoms. The zero-order valence-electron chi connectivity index (χ0n) is 14.7. The van der Waals surface area contributed by atoms with Gasteiger partial charge in [0.25, 0.3) is 5.56 Å². The number of anilines is 1. The van der Waals surface area contributed by atoms with E-state index in [4.69, 9.17) is 4.74 Å². The third-order valence-corrected chi connectivity index (χ3v) is 5.29. The molecule has 0 saturated heterocycles. The van der Waals surface area contributed by atoms with E-state index in [0.29, 0.717) is 27.5 Å². The predicted octanol–water partition coefficient (Wildman–Crippen LogP) is 2.96. The molecule has 0 aliphatic carbocycles. The number of carbonyl (C=O) groups is 1. The number of nitrogens with one attached hydrogen (secondary N) is 1. The number of fused-ring (bicyclic) bond motifs is 3. The summed E-state index contributed by atoms with van der Waals surface area (Å²) in [7, 11) is 1.56. The number of ether oxygens (including phenoxy) is 1. The molecule has 0 aliphatic heterocycles. The summed E-state index contributed by atoms with van der Waals surface area (Å²) in [6.45, 7) is 1.60. The van der Waals surface area contributed by atoms with E-state index in [0.717, 1.165) is 10.2 Å². The Morgan fingerprint density at radius 2 is 2.15 bits per heavy atom. The van der Waals surface area contributed by atoms with E-state index < -0.39 is 0 Å². The molecule has 0 unspecified atom stereocenters. The second-order valence-electron chi connectivity index (χ2n) is 5.97. The van der Waals surface area contributed by atoms with Crippen LogP contribution in [0.4, 0.5) is 5.69 Å². The monoisotopic (exact) mass is 380 g/mol. The van der Waals surface area contributed by atoms with Crippen LogP contribution in [0.2, 0.25) is 0 Å². The topological polar surface area (TPSA) is 86.1 Å². The average molecular weight is 380 g/mol. The second kappa shape index (κ2) is 6.81. The predicted molar refractivity (Wildman–Crippen MR) is 106 cm³/mol. The molecule has 7 nitrogen and oxygen atoms in total. The molecule has 0 bridgehead atoms. The zero-order valence-corrected chi connectivity index (χ0v) is 15.5. The molecule has 3 aromatic heterocycles. The molecule has 8 heteroatoms. The first-order valence-electron chi connectivity index (χ1n) is 8.25. The summed E-state index contributed by atoms with van der Waals surface area (Å²) in [4.78, 5) is 35.0. The molecular weight excluding hydrogens is 364 g/mol. The van der Waals surface area contributed by atoms with Crippen molar-refractivity contribution >= 4 is 43.4 Å². The normalized spacial score (nSPS) is 11.0. The Bertz CT molecular complexity index is 1230. The molecule has 1 aromatic carbocycles. The Balaban J connectivity index is 1.68. The summed E-state index contributed by atoms with van der Waals surface area (Å²) in [6.07, 6.45) is 1.69. The van der Waals surface area contributed by atoms with Gasteiger partial charge in [0.15, 0.2) is 0 Å². The van der Waals surface area contributed by atoms with E-state index in [1.807, 2.05) is 12.1 Å². The summed E-state index contributed by atoms with van der Waals surface area (Å²) in [5.74, 6) is 0.813. The van der Waals surface area contributed by atoms with Gasteiger partial charge in [0.05, 0.1) is 12.6 Å². The SMILES string of the molecule is COc1cccc(NC(=O)Cn2c(C)nc3c(sc4ncccc43)c2=O)c1. The Hall–Kier alpha value is -3.26. The number of methoxy groups -OCH3 is 1. The van der Waals surface area contributed by atoms with Crippen molar-refractivity contribution in [2.24, 2.45) is 0 Å². The van der Waals surface area contributed by atoms with E-state index in [2.05, 4.69) is 15.3 Å². The highest BCUT2D eigenvalue weighted by molar-refractivity contribution is 7.25. The third-order valence-electron chi connectivity index (χ3n) is 4.20. The van der Waals surface area contributed by atoms with E-state index >= 15 is 0 Å². The van der Waals surface area contributed by atoms with E-state index in [-0.39, 0.29) is 18.0 Å². The number of rotatable bonds is 4. The van der Waals surface area contributed by atoms with Gasteiger partial charge in [-0.15, -0.1) is 11.3 Å². The number of aromatic nitrogens is 3. The van der Waals surface area contributed by atoms with E-state index in [9.17, 15) is 9.59 Å². The number of pyridine rings is 1. The van der Waals surface area contributed by atoms with Gasteiger partial charge in [-0.2, -0.15) is 0 Å². The lowest BCUT2D eigenvalue weighted by Gasteiger charge is -2.10. The lowest BCUT2D eigenvalue weighted by atomic mass is 10.3. The molecule has 136 valence electrons. The summed E-state index contributed by atoms with van der Waals surface area (Å²) in [5.41, 5.74) is 1.00. The van der Waals surface area contributed by atoms with Gasteiger partial charge in [0.2, 0.25) is 5.91 Å². The lowest BCUT2D eigenvalue weighted by Crippen LogP contribution is -2.29. The van der Waals surface area contributed by atoms with Crippen LogP contribution in [0.25, 0.3) is 20.4 Å². The van der Waals surface area contributed by atoms with Crippen LogP contribution in [0.3, 0.4) is 0 Å². The van der Waals surface area contributed by atoms with Gasteiger partial charge in [-0.05, 0) is 31.2 Å². The van der Waals surface area contributed by atoms with Crippen LogP contribution in [-0.4, -0.2) is 27.6 Å². The van der Waals surface area contributed by atoms with Crippen molar-refractivity contribution in [2.45, 2.75) is 13.5 Å². The maximum atomic E-state index is 12.9. The number of aryl methyl sites for hydroxylation is 1. The quantitative estimate of drug-likeness (QED) is 0.588. The molecule has 1 N–H and O–H groups in total. The molecule has 0 aliphatic rings. The van der Waals surface area contributed by atoms with Crippen LogP contribution >= 0.6 is 11.3 Å². The molecular formula is C19H16N4O3S. The van der Waals surface area contributed by atoms with Crippen LogP contribution in [0.1, 0.15) is 5.82 Å². The van der Waals surface area contributed by atoms with Gasteiger partial charge >= 0.3 is 0 Å². The van der Waals surface area contributed by atoms with Crippen LogP contribution in [0.5, 0.6) is 5.75 Å². The minimum Gasteiger partial charge on any atom is -0.497 e. The van der Waals surface area contributed by atoms with Gasteiger partial charge in [-0.3, -0.25) is 14.2 Å². The van der Waals surface area contributed by atoms with Crippen LogP contribution in [0.15, 0.2) is 47.4 Å². The fourth-order valence-electron chi connectivity index (χ4n) is 2.90. The molecule has 0 atom stereocenters. The fraction of sp³-hybridized carbons (Fsp3) is 0.158. The minimum atomic E-state index is -0.311. The first kappa shape index (κ1) is 17.2. The first-order chi connectivity index (χ1) is 13.1. The van der Waals surface area contributed by atoms with E-state index in [1.54, 1.807) is 44.5 Å². The number of thiophene rings is 1. The average Bonchev–Trinajstić information content (AvgIpc) is 3.04. The van der Waals surface area contributed by atoms with Gasteiger partial charge in [-0.25, -0.2) is 9.97 Å². The zero-order chi connectivity index (χ0) is 19.0. The molecule has 1 amide bonds. The van der Waals surface area contributed by atoms with Crippen molar-refractivity contribution in [1.29, 1.82) is 0 Å². The van der Waals surface area contributed by atoms with Crippen molar-refractivity contribution < 1.29 is 9.53 Å². The number of carbonyl (C=O) groups excluding carboxylic acids is 1. The number of benzene rings is 1. The number of hydrogen-bond donors (Lipinski definition) is 1. The van der Waals surface area contributed by atoms with Crippen LogP contribution < -0.4 is 15.6 Å². The molecule has 0 radical (unpaired) electrons. The van der Waals surface area contributed by atoms with Crippen molar-refractivity contribution in [2.75, 3.05) is 12.4 Å². The highest BCUT2D eigenvalue weighted by Gasteiger charge is 2.16.